The maximum atomic E-state index is 12.9. The van der Waals surface area contributed by atoms with Crippen LogP contribution in [0.25, 0.3) is 27.5 Å². The molecule has 5 aromatic rings. The van der Waals surface area contributed by atoms with Crippen LogP contribution in [0.4, 0.5) is 18.9 Å². The molecule has 1 saturated heterocycles. The predicted octanol–water partition coefficient (Wildman–Crippen LogP) is 7.55. The van der Waals surface area contributed by atoms with E-state index in [1.165, 1.54) is 23.9 Å². The van der Waals surface area contributed by atoms with E-state index in [1.54, 1.807) is 29.6 Å². The number of ether oxygens (including phenoxy) is 1. The highest BCUT2D eigenvalue weighted by Crippen LogP contribution is 2.32. The van der Waals surface area contributed by atoms with Crippen molar-refractivity contribution in [2.45, 2.75) is 26.6 Å². The number of fused-ring (bicyclic) bond motifs is 3. The first-order valence-corrected chi connectivity index (χ1v) is 14.1. The van der Waals surface area contributed by atoms with Gasteiger partial charge in [-0.1, -0.05) is 48.2 Å². The fourth-order valence-electron chi connectivity index (χ4n) is 5.03. The number of aryl methyl sites for hydroxylation is 2. The lowest BCUT2D eigenvalue weighted by Crippen LogP contribution is -2.40. The van der Waals surface area contributed by atoms with Gasteiger partial charge >= 0.3 is 6.36 Å². The summed E-state index contributed by atoms with van der Waals surface area (Å²) in [6.07, 6.45) is -1.01. The third kappa shape index (κ3) is 5.47. The van der Waals surface area contributed by atoms with Crippen LogP contribution >= 0.6 is 11.8 Å². The van der Waals surface area contributed by atoms with Crippen molar-refractivity contribution in [1.82, 2.24) is 9.55 Å². The van der Waals surface area contributed by atoms with Crippen molar-refractivity contribution in [2.24, 2.45) is 10.2 Å². The topological polar surface area (TPSA) is 72.1 Å². The van der Waals surface area contributed by atoms with Crippen LogP contribution in [0, 0.1) is 13.8 Å². The first-order valence-electron chi connectivity index (χ1n) is 13.1. The monoisotopic (exact) mass is 587 g/mol. The van der Waals surface area contributed by atoms with E-state index >= 15 is 0 Å². The van der Waals surface area contributed by atoms with E-state index in [2.05, 4.69) is 19.9 Å². The number of imidazole rings is 1. The summed E-state index contributed by atoms with van der Waals surface area (Å²) >= 11 is 1.50. The van der Waals surface area contributed by atoms with Crippen molar-refractivity contribution >= 4 is 56.5 Å². The Morgan fingerprint density at radius 3 is 2.50 bits per heavy atom. The lowest BCUT2D eigenvalue weighted by atomic mass is 10.1. The van der Waals surface area contributed by atoms with Gasteiger partial charge in [0.25, 0.3) is 0 Å². The number of nitrogens with zero attached hydrogens (tertiary/aromatic N) is 5. The van der Waals surface area contributed by atoms with Crippen LogP contribution in [0.5, 0.6) is 5.75 Å². The first-order chi connectivity index (χ1) is 20.2. The summed E-state index contributed by atoms with van der Waals surface area (Å²) in [6.45, 7) is 3.96. The molecule has 0 radical (unpaired) electrons. The molecular weight excluding hydrogens is 563 g/mol. The molecule has 0 unspecified atom stereocenters. The number of anilines is 1. The normalized spacial score (nSPS) is 15.4. The lowest BCUT2D eigenvalue weighted by molar-refractivity contribution is -0.274. The second kappa shape index (κ2) is 11.0. The average Bonchev–Trinajstić information content (AvgIpc) is 3.38. The number of para-hydroxylation sites is 1. The molecule has 0 N–H and O–H groups in total. The number of carbonyl (C=O) groups is 1. The molecule has 11 heteroatoms. The molecule has 0 aliphatic carbocycles. The highest BCUT2D eigenvalue weighted by molar-refractivity contribution is 8.14. The van der Waals surface area contributed by atoms with E-state index in [0.29, 0.717) is 23.0 Å². The van der Waals surface area contributed by atoms with Gasteiger partial charge in [0.2, 0.25) is 5.91 Å². The zero-order valence-electron chi connectivity index (χ0n) is 22.6. The minimum Gasteiger partial charge on any atom is -0.406 e. The summed E-state index contributed by atoms with van der Waals surface area (Å²) in [5.74, 6) is 0.366. The van der Waals surface area contributed by atoms with Gasteiger partial charge in [-0.25, -0.2) is 4.98 Å². The van der Waals surface area contributed by atoms with Crippen molar-refractivity contribution in [3.8, 4) is 11.4 Å². The van der Waals surface area contributed by atoms with Crippen LogP contribution in [-0.4, -0.2) is 39.0 Å². The van der Waals surface area contributed by atoms with E-state index in [4.69, 9.17) is 0 Å². The standard InChI is InChI=1S/C31H24F3N5O2S/c1-19-4-3-5-20(2)29(19)39-27(40)14-15-42-30(39)37-36-17-21-6-12-25-22(16-21)7-13-26-28(25)35-18-38(26)23-8-10-24(11-9-23)41-31(32,33)34/h3-13,16-18H,14-15H2,1-2H3. The Morgan fingerprint density at radius 1 is 1.00 bits per heavy atom. The van der Waals surface area contributed by atoms with Crippen molar-refractivity contribution in [1.29, 1.82) is 0 Å². The summed E-state index contributed by atoms with van der Waals surface area (Å²) in [4.78, 5) is 19.1. The van der Waals surface area contributed by atoms with Crippen molar-refractivity contribution < 1.29 is 22.7 Å². The minimum absolute atomic E-state index is 0.000145. The van der Waals surface area contributed by atoms with Crippen LogP contribution in [0.15, 0.2) is 89.3 Å². The van der Waals surface area contributed by atoms with E-state index in [0.717, 1.165) is 44.2 Å². The number of halogens is 3. The highest BCUT2D eigenvalue weighted by atomic mass is 32.2. The van der Waals surface area contributed by atoms with Gasteiger partial charge in [0, 0.05) is 23.2 Å². The minimum atomic E-state index is -4.74. The molecule has 0 saturated carbocycles. The van der Waals surface area contributed by atoms with Crippen LogP contribution in [-0.2, 0) is 4.79 Å². The molecule has 42 heavy (non-hydrogen) atoms. The number of amidine groups is 1. The molecule has 1 fully saturated rings. The molecule has 0 spiro atoms. The Labute approximate surface area is 243 Å². The second-order valence-corrected chi connectivity index (χ2v) is 10.8. The van der Waals surface area contributed by atoms with Crippen LogP contribution < -0.4 is 9.64 Å². The van der Waals surface area contributed by atoms with Gasteiger partial charge in [0.05, 0.1) is 22.9 Å². The number of aromatic nitrogens is 2. The molecular formula is C31H24F3N5O2S. The van der Waals surface area contributed by atoms with E-state index in [9.17, 15) is 18.0 Å². The summed E-state index contributed by atoms with van der Waals surface area (Å²) in [7, 11) is 0. The number of benzene rings is 4. The number of hydrogen-bond acceptors (Lipinski definition) is 6. The highest BCUT2D eigenvalue weighted by Gasteiger charge is 2.31. The zero-order valence-corrected chi connectivity index (χ0v) is 23.4. The Balaban J connectivity index is 1.27. The van der Waals surface area contributed by atoms with Crippen molar-refractivity contribution in [2.75, 3.05) is 10.7 Å². The Morgan fingerprint density at radius 2 is 1.76 bits per heavy atom. The molecule has 7 nitrogen and oxygen atoms in total. The molecule has 2 heterocycles. The number of carbonyl (C=O) groups excluding carboxylic acids is 1. The maximum Gasteiger partial charge on any atom is 0.573 e. The third-order valence-electron chi connectivity index (χ3n) is 6.91. The van der Waals surface area contributed by atoms with Gasteiger partial charge < -0.3 is 4.74 Å². The Hall–Kier alpha value is -4.64. The van der Waals surface area contributed by atoms with Crippen LogP contribution in [0.3, 0.4) is 0 Å². The fourth-order valence-corrected chi connectivity index (χ4v) is 5.92. The van der Waals surface area contributed by atoms with Crippen molar-refractivity contribution in [3.63, 3.8) is 0 Å². The Bertz CT molecular complexity index is 1860. The fraction of sp³-hybridized carbons (Fsp3) is 0.161. The molecule has 212 valence electrons. The summed E-state index contributed by atoms with van der Waals surface area (Å²) in [6, 6.07) is 21.3. The number of rotatable bonds is 5. The smallest absolute Gasteiger partial charge is 0.406 e. The van der Waals surface area contributed by atoms with E-state index in [1.807, 2.05) is 66.9 Å². The maximum absolute atomic E-state index is 12.9. The van der Waals surface area contributed by atoms with Gasteiger partial charge in [-0.2, -0.15) is 5.10 Å². The lowest BCUT2D eigenvalue weighted by Gasteiger charge is -2.29. The molecule has 4 aromatic carbocycles. The zero-order chi connectivity index (χ0) is 29.4. The van der Waals surface area contributed by atoms with Gasteiger partial charge in [-0.05, 0) is 72.3 Å². The van der Waals surface area contributed by atoms with Gasteiger partial charge in [0.15, 0.2) is 5.17 Å². The number of alkyl halides is 3. The summed E-state index contributed by atoms with van der Waals surface area (Å²) < 4.78 is 43.3. The number of thioether (sulfide) groups is 1. The van der Waals surface area contributed by atoms with Gasteiger partial charge in [-0.15, -0.1) is 18.3 Å². The largest absolute Gasteiger partial charge is 0.573 e. The Kier molecular flexibility index (Phi) is 7.19. The quantitative estimate of drug-likeness (QED) is 0.157. The number of amides is 1. The molecule has 6 rings (SSSR count). The molecule has 0 bridgehead atoms. The molecule has 1 amide bonds. The number of hydrogen-bond donors (Lipinski definition) is 0. The third-order valence-corrected chi connectivity index (χ3v) is 7.84. The van der Waals surface area contributed by atoms with Gasteiger partial charge in [-0.3, -0.25) is 14.3 Å². The van der Waals surface area contributed by atoms with E-state index < -0.39 is 6.36 Å². The molecule has 1 aromatic heterocycles. The second-order valence-electron chi connectivity index (χ2n) is 9.77. The molecule has 1 aliphatic rings. The molecule has 0 atom stereocenters. The summed E-state index contributed by atoms with van der Waals surface area (Å²) in [5.41, 5.74) is 5.90. The first kappa shape index (κ1) is 27.5. The predicted molar refractivity (Wildman–Crippen MR) is 161 cm³/mol. The average molecular weight is 588 g/mol. The summed E-state index contributed by atoms with van der Waals surface area (Å²) in [5, 5.41) is 11.2. The van der Waals surface area contributed by atoms with Crippen LogP contribution in [0.1, 0.15) is 23.1 Å². The van der Waals surface area contributed by atoms with E-state index in [-0.39, 0.29) is 11.7 Å². The van der Waals surface area contributed by atoms with Crippen LogP contribution in [0.2, 0.25) is 0 Å². The van der Waals surface area contributed by atoms with Crippen molar-refractivity contribution in [3.05, 3.63) is 95.8 Å². The van der Waals surface area contributed by atoms with Gasteiger partial charge in [0.1, 0.15) is 12.1 Å². The SMILES string of the molecule is Cc1cccc(C)c1N1C(=O)CCSC1=NN=Cc1ccc2c(ccc3c2ncn3-c2ccc(OC(F)(F)F)cc2)c1. The molecule has 1 aliphatic heterocycles.